The van der Waals surface area contributed by atoms with Gasteiger partial charge in [0.15, 0.2) is 21.8 Å². The highest BCUT2D eigenvalue weighted by Crippen LogP contribution is 2.25. The molecule has 1 aromatic heterocycles. The van der Waals surface area contributed by atoms with E-state index in [2.05, 4.69) is 15.6 Å². The van der Waals surface area contributed by atoms with Gasteiger partial charge in [-0.05, 0) is 49.8 Å². The van der Waals surface area contributed by atoms with E-state index in [0.29, 0.717) is 16.9 Å². The fourth-order valence-electron chi connectivity index (χ4n) is 2.44. The number of hydrogen-bond donors (Lipinski definition) is 2. The number of benzene rings is 2. The predicted molar refractivity (Wildman–Crippen MR) is 105 cm³/mol. The smallest absolute Gasteiger partial charge is 0.190 e. The molecule has 136 valence electrons. The van der Waals surface area contributed by atoms with Crippen LogP contribution in [0.1, 0.15) is 12.5 Å². The fraction of sp³-hybridized carbons (Fsp3) is 0.222. The Balaban J connectivity index is 1.57. The number of nitrogens with one attached hydrogen (secondary N) is 2. The maximum atomic E-state index is 14.3. The van der Waals surface area contributed by atoms with Gasteiger partial charge in [-0.2, -0.15) is 0 Å². The van der Waals surface area contributed by atoms with Gasteiger partial charge in [0.05, 0.1) is 16.8 Å². The Morgan fingerprint density at radius 1 is 1.23 bits per heavy atom. The summed E-state index contributed by atoms with van der Waals surface area (Å²) in [6, 6.07) is 10.3. The Morgan fingerprint density at radius 2 is 2.04 bits per heavy atom. The van der Waals surface area contributed by atoms with Crippen molar-refractivity contribution in [2.45, 2.75) is 13.3 Å². The summed E-state index contributed by atoms with van der Waals surface area (Å²) in [4.78, 5) is 4.42. The third kappa shape index (κ3) is 4.25. The first kappa shape index (κ1) is 18.5. The molecule has 0 unspecified atom stereocenters. The molecule has 0 bridgehead atoms. The van der Waals surface area contributed by atoms with E-state index in [-0.39, 0.29) is 24.3 Å². The molecule has 3 aromatic rings. The van der Waals surface area contributed by atoms with Gasteiger partial charge in [0.2, 0.25) is 0 Å². The van der Waals surface area contributed by atoms with Crippen LogP contribution in [0.5, 0.6) is 5.75 Å². The molecule has 26 heavy (non-hydrogen) atoms. The molecule has 2 aromatic carbocycles. The van der Waals surface area contributed by atoms with Crippen LogP contribution in [0.2, 0.25) is 0 Å². The lowest BCUT2D eigenvalue weighted by molar-refractivity contribution is 0.318. The Bertz CT molecular complexity index is 897. The molecule has 0 atom stereocenters. The topological polar surface area (TPSA) is 46.2 Å². The van der Waals surface area contributed by atoms with Crippen molar-refractivity contribution in [1.29, 1.82) is 0 Å². The molecule has 2 N–H and O–H groups in total. The molecule has 0 aliphatic rings. The number of para-hydroxylation sites is 1. The molecule has 0 fully saturated rings. The lowest BCUT2D eigenvalue weighted by Crippen LogP contribution is -2.30. The normalized spacial score (nSPS) is 10.7. The second kappa shape index (κ2) is 8.37. The third-order valence-corrected chi connectivity index (χ3v) is 4.82. The van der Waals surface area contributed by atoms with Crippen molar-refractivity contribution in [1.82, 2.24) is 10.3 Å². The molecule has 0 saturated carbocycles. The van der Waals surface area contributed by atoms with Gasteiger partial charge in [0, 0.05) is 12.1 Å². The van der Waals surface area contributed by atoms with Gasteiger partial charge in [-0.3, -0.25) is 0 Å². The minimum Gasteiger partial charge on any atom is -0.491 e. The van der Waals surface area contributed by atoms with Crippen molar-refractivity contribution < 1.29 is 13.5 Å². The Kier molecular flexibility index (Phi) is 5.95. The molecule has 1 heterocycles. The van der Waals surface area contributed by atoms with Crippen LogP contribution in [0, 0.1) is 11.6 Å². The highest BCUT2D eigenvalue weighted by molar-refractivity contribution is 7.80. The molecule has 0 saturated heterocycles. The van der Waals surface area contributed by atoms with Crippen LogP contribution in [0.15, 0.2) is 36.4 Å². The Hall–Kier alpha value is -2.32. The van der Waals surface area contributed by atoms with Gasteiger partial charge < -0.3 is 15.4 Å². The maximum absolute atomic E-state index is 14.3. The Labute approximate surface area is 159 Å². The number of rotatable bonds is 6. The molecular formula is C18H17F2N3OS2. The average Bonchev–Trinajstić information content (AvgIpc) is 3.02. The SMILES string of the molecule is CCOc1ccc(F)c(CCNC(=S)Nc2nc3ccccc3s2)c1F. The van der Waals surface area contributed by atoms with Gasteiger partial charge in [0.25, 0.3) is 0 Å². The second-order valence-corrected chi connectivity index (χ2v) is 6.83. The summed E-state index contributed by atoms with van der Waals surface area (Å²) in [6.45, 7) is 2.34. The number of fused-ring (bicyclic) bond motifs is 1. The largest absolute Gasteiger partial charge is 0.491 e. The van der Waals surface area contributed by atoms with Gasteiger partial charge >= 0.3 is 0 Å². The summed E-state index contributed by atoms with van der Waals surface area (Å²) >= 11 is 6.70. The van der Waals surface area contributed by atoms with E-state index in [1.807, 2.05) is 24.3 Å². The van der Waals surface area contributed by atoms with E-state index in [0.717, 1.165) is 10.2 Å². The fourth-order valence-corrected chi connectivity index (χ4v) is 3.57. The highest BCUT2D eigenvalue weighted by Gasteiger charge is 2.14. The van der Waals surface area contributed by atoms with Gasteiger partial charge in [-0.15, -0.1) is 0 Å². The third-order valence-electron chi connectivity index (χ3n) is 3.63. The molecule has 0 aliphatic heterocycles. The molecule has 4 nitrogen and oxygen atoms in total. The molecule has 0 aliphatic carbocycles. The van der Waals surface area contributed by atoms with Crippen molar-refractivity contribution >= 4 is 44.0 Å². The van der Waals surface area contributed by atoms with Crippen molar-refractivity contribution in [3.63, 3.8) is 0 Å². The summed E-state index contributed by atoms with van der Waals surface area (Å²) in [5.74, 6) is -1.21. The van der Waals surface area contributed by atoms with E-state index in [4.69, 9.17) is 17.0 Å². The molecule has 0 spiro atoms. The number of anilines is 1. The molecule has 3 rings (SSSR count). The van der Waals surface area contributed by atoms with E-state index < -0.39 is 11.6 Å². The predicted octanol–water partition coefficient (Wildman–Crippen LogP) is 4.50. The quantitative estimate of drug-likeness (QED) is 0.604. The van der Waals surface area contributed by atoms with Crippen LogP contribution in [-0.4, -0.2) is 23.2 Å². The van der Waals surface area contributed by atoms with Gasteiger partial charge in [-0.1, -0.05) is 23.5 Å². The summed E-state index contributed by atoms with van der Waals surface area (Å²) in [7, 11) is 0. The zero-order valence-electron chi connectivity index (χ0n) is 14.0. The molecule has 8 heteroatoms. The Morgan fingerprint density at radius 3 is 2.81 bits per heavy atom. The van der Waals surface area contributed by atoms with E-state index in [1.165, 1.54) is 23.5 Å². The first-order valence-electron chi connectivity index (χ1n) is 8.08. The lowest BCUT2D eigenvalue weighted by Gasteiger charge is -2.11. The first-order chi connectivity index (χ1) is 12.6. The number of ether oxygens (including phenoxy) is 1. The van der Waals surface area contributed by atoms with Crippen LogP contribution < -0.4 is 15.4 Å². The number of halogens is 2. The van der Waals surface area contributed by atoms with Gasteiger partial charge in [-0.25, -0.2) is 13.8 Å². The van der Waals surface area contributed by atoms with E-state index in [9.17, 15) is 8.78 Å². The first-order valence-corrected chi connectivity index (χ1v) is 9.31. The number of thiazole rings is 1. The van der Waals surface area contributed by atoms with Crippen LogP contribution in [-0.2, 0) is 6.42 Å². The zero-order valence-corrected chi connectivity index (χ0v) is 15.6. The van der Waals surface area contributed by atoms with Crippen LogP contribution in [0.25, 0.3) is 10.2 Å². The monoisotopic (exact) mass is 393 g/mol. The zero-order chi connectivity index (χ0) is 18.5. The average molecular weight is 393 g/mol. The van der Waals surface area contributed by atoms with Gasteiger partial charge in [0.1, 0.15) is 5.82 Å². The van der Waals surface area contributed by atoms with Crippen LogP contribution in [0.4, 0.5) is 13.9 Å². The summed E-state index contributed by atoms with van der Waals surface area (Å²) < 4.78 is 34.4. The number of aromatic nitrogens is 1. The lowest BCUT2D eigenvalue weighted by atomic mass is 10.1. The van der Waals surface area contributed by atoms with Crippen molar-refractivity contribution in [2.75, 3.05) is 18.5 Å². The molecule has 0 radical (unpaired) electrons. The minimum absolute atomic E-state index is 0.0220. The summed E-state index contributed by atoms with van der Waals surface area (Å²) in [5, 5.41) is 6.96. The highest BCUT2D eigenvalue weighted by atomic mass is 32.1. The van der Waals surface area contributed by atoms with Crippen molar-refractivity contribution in [2.24, 2.45) is 0 Å². The van der Waals surface area contributed by atoms with Crippen molar-refractivity contribution in [3.8, 4) is 5.75 Å². The minimum atomic E-state index is -0.668. The van der Waals surface area contributed by atoms with Crippen LogP contribution >= 0.6 is 23.6 Å². The van der Waals surface area contributed by atoms with E-state index >= 15 is 0 Å². The number of thiocarbonyl (C=S) groups is 1. The van der Waals surface area contributed by atoms with Crippen LogP contribution in [0.3, 0.4) is 0 Å². The maximum Gasteiger partial charge on any atom is 0.190 e. The standard InChI is InChI=1S/C18H17F2N3OS2/c1-2-24-14-8-7-12(19)11(16(14)20)9-10-21-17(25)23-18-22-13-5-3-4-6-15(13)26-18/h3-8H,2,9-10H2,1H3,(H2,21,22,23,25). The number of hydrogen-bond acceptors (Lipinski definition) is 4. The number of nitrogens with zero attached hydrogens (tertiary/aromatic N) is 1. The van der Waals surface area contributed by atoms with Crippen molar-refractivity contribution in [3.05, 3.63) is 53.6 Å². The molecule has 0 amide bonds. The molecular weight excluding hydrogens is 376 g/mol. The van der Waals surface area contributed by atoms with E-state index in [1.54, 1.807) is 6.92 Å². The summed E-state index contributed by atoms with van der Waals surface area (Å²) in [6.07, 6.45) is 0.139. The second-order valence-electron chi connectivity index (χ2n) is 5.39. The summed E-state index contributed by atoms with van der Waals surface area (Å²) in [5.41, 5.74) is 0.867.